The average molecular weight is 404 g/mol. The first-order valence-electron chi connectivity index (χ1n) is 10.6. The van der Waals surface area contributed by atoms with Gasteiger partial charge in [-0.2, -0.15) is 0 Å². The molecule has 1 aliphatic heterocycles. The Hall–Kier alpha value is -2.25. The molecule has 1 unspecified atom stereocenters. The van der Waals surface area contributed by atoms with Gasteiger partial charge in [-0.3, -0.25) is 14.5 Å². The molecule has 1 aromatic heterocycles. The van der Waals surface area contributed by atoms with E-state index in [1.807, 2.05) is 13.0 Å². The summed E-state index contributed by atoms with van der Waals surface area (Å²) >= 11 is 0. The Labute approximate surface area is 173 Å². The van der Waals surface area contributed by atoms with Gasteiger partial charge in [0, 0.05) is 18.7 Å². The van der Waals surface area contributed by atoms with Gasteiger partial charge in [0.25, 0.3) is 5.91 Å². The summed E-state index contributed by atoms with van der Waals surface area (Å²) < 4.78 is 0. The van der Waals surface area contributed by atoms with Gasteiger partial charge in [0.2, 0.25) is 5.91 Å². The molecule has 7 nitrogen and oxygen atoms in total. The third-order valence-electron chi connectivity index (χ3n) is 4.83. The number of unbranched alkanes of at least 4 members (excludes halogenated alkanes) is 1. The molecule has 0 aliphatic carbocycles. The molecule has 1 atom stereocenters. The Morgan fingerprint density at radius 1 is 1.31 bits per heavy atom. The largest absolute Gasteiger partial charge is 0.344 e. The Balaban J connectivity index is 2.07. The van der Waals surface area contributed by atoms with Crippen molar-refractivity contribution in [2.75, 3.05) is 24.7 Å². The molecule has 1 N–H and O–H groups in total. The maximum absolute atomic E-state index is 13.2. The standard InChI is InChI=1S/C22H33N3O4/c1-4-10-19(24-20(26)5-2)22(27)25-15-9-11-17-13-14-18(23-21(17)25)12-7-8-16-29-28-6-3/h4,13-14,19H,1,5-12,15-16H2,2-3H3,(H,24,26). The summed E-state index contributed by atoms with van der Waals surface area (Å²) in [4.78, 5) is 41.4. The second-order valence-electron chi connectivity index (χ2n) is 7.06. The number of nitrogens with one attached hydrogen (secondary N) is 1. The summed E-state index contributed by atoms with van der Waals surface area (Å²) in [5.41, 5.74) is 2.03. The normalized spacial score (nSPS) is 14.2. The number of pyridine rings is 1. The van der Waals surface area contributed by atoms with Gasteiger partial charge in [-0.05, 0) is 57.1 Å². The first-order valence-corrected chi connectivity index (χ1v) is 10.6. The molecule has 29 heavy (non-hydrogen) atoms. The van der Waals surface area contributed by atoms with Crippen LogP contribution in [0.1, 0.15) is 57.2 Å². The molecule has 0 saturated carbocycles. The van der Waals surface area contributed by atoms with Crippen LogP contribution in [-0.2, 0) is 32.2 Å². The van der Waals surface area contributed by atoms with Crippen molar-refractivity contribution in [2.45, 2.75) is 64.8 Å². The van der Waals surface area contributed by atoms with Crippen LogP contribution in [0.3, 0.4) is 0 Å². The van der Waals surface area contributed by atoms with Crippen LogP contribution in [0.4, 0.5) is 5.82 Å². The zero-order valence-corrected chi connectivity index (χ0v) is 17.6. The number of aromatic nitrogens is 1. The lowest BCUT2D eigenvalue weighted by Gasteiger charge is -2.31. The smallest absolute Gasteiger partial charge is 0.251 e. The van der Waals surface area contributed by atoms with Gasteiger partial charge >= 0.3 is 0 Å². The van der Waals surface area contributed by atoms with E-state index in [0.717, 1.165) is 49.2 Å². The zero-order valence-electron chi connectivity index (χ0n) is 17.6. The van der Waals surface area contributed by atoms with Gasteiger partial charge in [0.05, 0.1) is 13.2 Å². The minimum Gasteiger partial charge on any atom is -0.344 e. The van der Waals surface area contributed by atoms with Crippen LogP contribution in [-0.4, -0.2) is 42.6 Å². The molecule has 2 amide bonds. The molecule has 0 radical (unpaired) electrons. The van der Waals surface area contributed by atoms with E-state index >= 15 is 0 Å². The van der Waals surface area contributed by atoms with E-state index in [2.05, 4.69) is 18.0 Å². The zero-order chi connectivity index (χ0) is 21.1. The van der Waals surface area contributed by atoms with Crippen molar-refractivity contribution in [1.29, 1.82) is 0 Å². The van der Waals surface area contributed by atoms with E-state index in [0.29, 0.717) is 32.6 Å². The van der Waals surface area contributed by atoms with Crippen molar-refractivity contribution >= 4 is 17.6 Å². The third kappa shape index (κ3) is 6.94. The molecular formula is C22H33N3O4. The molecule has 1 aromatic rings. The van der Waals surface area contributed by atoms with Crippen LogP contribution < -0.4 is 10.2 Å². The van der Waals surface area contributed by atoms with E-state index in [9.17, 15) is 9.59 Å². The summed E-state index contributed by atoms with van der Waals surface area (Å²) in [5.74, 6) is 0.463. The lowest BCUT2D eigenvalue weighted by molar-refractivity contribution is -0.291. The van der Waals surface area contributed by atoms with Crippen molar-refractivity contribution in [3.63, 3.8) is 0 Å². The number of fused-ring (bicyclic) bond motifs is 1. The minimum absolute atomic E-state index is 0.123. The first-order chi connectivity index (χ1) is 14.1. The minimum atomic E-state index is -0.605. The van der Waals surface area contributed by atoms with Crippen LogP contribution in [0, 0.1) is 0 Å². The SMILES string of the molecule is C=CCC(NC(=O)CC)C(=O)N1CCCc2ccc(CCCCOOCC)nc21. The van der Waals surface area contributed by atoms with Crippen LogP contribution in [0.15, 0.2) is 24.8 Å². The molecular weight excluding hydrogens is 370 g/mol. The molecule has 160 valence electrons. The Morgan fingerprint density at radius 3 is 2.86 bits per heavy atom. The number of amides is 2. The summed E-state index contributed by atoms with van der Waals surface area (Å²) in [6, 6.07) is 3.50. The van der Waals surface area contributed by atoms with E-state index in [1.165, 1.54) is 0 Å². The highest BCUT2D eigenvalue weighted by molar-refractivity contribution is 5.99. The number of carbonyl (C=O) groups excluding carboxylic acids is 2. The molecule has 2 heterocycles. The number of aryl methyl sites for hydroxylation is 2. The molecule has 0 aromatic carbocycles. The Morgan fingerprint density at radius 2 is 2.14 bits per heavy atom. The topological polar surface area (TPSA) is 80.8 Å². The van der Waals surface area contributed by atoms with Gasteiger partial charge in [-0.15, -0.1) is 6.58 Å². The fourth-order valence-corrected chi connectivity index (χ4v) is 3.31. The molecule has 7 heteroatoms. The second kappa shape index (κ2) is 12.3. The quantitative estimate of drug-likeness (QED) is 0.251. The van der Waals surface area contributed by atoms with Gasteiger partial charge in [0.1, 0.15) is 11.9 Å². The fourth-order valence-electron chi connectivity index (χ4n) is 3.31. The molecule has 0 spiro atoms. The lowest BCUT2D eigenvalue weighted by atomic mass is 10.0. The van der Waals surface area contributed by atoms with E-state index in [-0.39, 0.29) is 11.8 Å². The highest BCUT2D eigenvalue weighted by Crippen LogP contribution is 2.27. The van der Waals surface area contributed by atoms with Crippen LogP contribution in [0.5, 0.6) is 0 Å². The van der Waals surface area contributed by atoms with E-state index < -0.39 is 6.04 Å². The number of nitrogens with zero attached hydrogens (tertiary/aromatic N) is 2. The van der Waals surface area contributed by atoms with Crippen molar-refractivity contribution < 1.29 is 19.4 Å². The maximum Gasteiger partial charge on any atom is 0.251 e. The van der Waals surface area contributed by atoms with Crippen molar-refractivity contribution in [3.8, 4) is 0 Å². The Kier molecular flexibility index (Phi) is 9.80. The predicted octanol–water partition coefficient (Wildman–Crippen LogP) is 3.12. The first kappa shape index (κ1) is 23.0. The predicted molar refractivity (Wildman–Crippen MR) is 112 cm³/mol. The fraction of sp³-hybridized carbons (Fsp3) is 0.591. The monoisotopic (exact) mass is 403 g/mol. The number of rotatable bonds is 12. The number of hydrogen-bond acceptors (Lipinski definition) is 5. The summed E-state index contributed by atoms with van der Waals surface area (Å²) in [7, 11) is 0. The summed E-state index contributed by atoms with van der Waals surface area (Å²) in [6.07, 6.45) is 6.82. The molecule has 0 bridgehead atoms. The van der Waals surface area contributed by atoms with Gasteiger partial charge in [-0.25, -0.2) is 14.8 Å². The van der Waals surface area contributed by atoms with Crippen molar-refractivity contribution in [1.82, 2.24) is 10.3 Å². The highest BCUT2D eigenvalue weighted by Gasteiger charge is 2.30. The Bertz CT molecular complexity index is 693. The number of hydrogen-bond donors (Lipinski definition) is 1. The number of carbonyl (C=O) groups is 2. The van der Waals surface area contributed by atoms with Gasteiger partial charge in [-0.1, -0.05) is 19.1 Å². The van der Waals surface area contributed by atoms with E-state index in [1.54, 1.807) is 17.9 Å². The van der Waals surface area contributed by atoms with E-state index in [4.69, 9.17) is 14.8 Å². The number of anilines is 1. The van der Waals surface area contributed by atoms with Crippen molar-refractivity contribution in [3.05, 3.63) is 36.0 Å². The van der Waals surface area contributed by atoms with Crippen LogP contribution >= 0.6 is 0 Å². The summed E-state index contributed by atoms with van der Waals surface area (Å²) in [6.45, 7) is 9.10. The van der Waals surface area contributed by atoms with Crippen LogP contribution in [0.2, 0.25) is 0 Å². The molecule has 0 saturated heterocycles. The second-order valence-corrected chi connectivity index (χ2v) is 7.06. The highest BCUT2D eigenvalue weighted by atomic mass is 17.2. The molecule has 2 rings (SSSR count). The van der Waals surface area contributed by atoms with Crippen molar-refractivity contribution in [2.24, 2.45) is 0 Å². The summed E-state index contributed by atoms with van der Waals surface area (Å²) in [5, 5.41) is 2.81. The molecule has 1 aliphatic rings. The van der Waals surface area contributed by atoms with Crippen LogP contribution in [0.25, 0.3) is 0 Å². The molecule has 0 fully saturated rings. The lowest BCUT2D eigenvalue weighted by Crippen LogP contribution is -2.50. The van der Waals surface area contributed by atoms with Gasteiger partial charge in [0.15, 0.2) is 0 Å². The third-order valence-corrected chi connectivity index (χ3v) is 4.83. The van der Waals surface area contributed by atoms with Gasteiger partial charge < -0.3 is 5.32 Å². The average Bonchev–Trinajstić information content (AvgIpc) is 2.74. The maximum atomic E-state index is 13.2.